The predicted octanol–water partition coefficient (Wildman–Crippen LogP) is 3.71. The highest BCUT2D eigenvalue weighted by Crippen LogP contribution is 2.25. The number of halogens is 1. The molecule has 0 aliphatic carbocycles. The molecule has 140 valence electrons. The molecule has 0 fully saturated rings. The average molecular weight is 395 g/mol. The minimum atomic E-state index is -3.93. The SMILES string of the molecule is CCN(CC)C(=O)CN(c1ccc(C)cc1)S(=O)(=O)c1cccc(Cl)c1. The van der Waals surface area contributed by atoms with Crippen molar-refractivity contribution < 1.29 is 13.2 Å². The molecule has 7 heteroatoms. The van der Waals surface area contributed by atoms with Crippen molar-refractivity contribution in [2.75, 3.05) is 23.9 Å². The third kappa shape index (κ3) is 4.56. The summed E-state index contributed by atoms with van der Waals surface area (Å²) in [6.07, 6.45) is 0. The molecular weight excluding hydrogens is 372 g/mol. The summed E-state index contributed by atoms with van der Waals surface area (Å²) in [5.74, 6) is -0.249. The molecule has 0 radical (unpaired) electrons. The van der Waals surface area contributed by atoms with E-state index in [1.54, 1.807) is 29.2 Å². The van der Waals surface area contributed by atoms with Gasteiger partial charge in [0.25, 0.3) is 10.0 Å². The first-order valence-electron chi connectivity index (χ1n) is 8.42. The lowest BCUT2D eigenvalue weighted by Crippen LogP contribution is -2.43. The zero-order chi connectivity index (χ0) is 19.3. The summed E-state index contributed by atoms with van der Waals surface area (Å²) < 4.78 is 27.5. The molecule has 0 bridgehead atoms. The average Bonchev–Trinajstić information content (AvgIpc) is 2.61. The second kappa shape index (κ2) is 8.56. The number of anilines is 1. The topological polar surface area (TPSA) is 57.7 Å². The van der Waals surface area contributed by atoms with Gasteiger partial charge < -0.3 is 4.90 Å². The summed E-state index contributed by atoms with van der Waals surface area (Å²) in [5.41, 5.74) is 1.44. The van der Waals surface area contributed by atoms with Gasteiger partial charge in [0.2, 0.25) is 5.91 Å². The first kappa shape index (κ1) is 20.3. The Morgan fingerprint density at radius 2 is 1.65 bits per heavy atom. The maximum atomic E-state index is 13.2. The molecule has 0 N–H and O–H groups in total. The van der Waals surface area contributed by atoms with E-state index in [9.17, 15) is 13.2 Å². The van der Waals surface area contributed by atoms with Crippen LogP contribution in [0, 0.1) is 6.92 Å². The van der Waals surface area contributed by atoms with E-state index in [0.29, 0.717) is 23.8 Å². The van der Waals surface area contributed by atoms with E-state index < -0.39 is 10.0 Å². The molecule has 0 saturated heterocycles. The van der Waals surface area contributed by atoms with Gasteiger partial charge in [-0.2, -0.15) is 0 Å². The van der Waals surface area contributed by atoms with Crippen LogP contribution in [0.25, 0.3) is 0 Å². The summed E-state index contributed by atoms with van der Waals surface area (Å²) in [6, 6.07) is 13.1. The highest BCUT2D eigenvalue weighted by atomic mass is 35.5. The van der Waals surface area contributed by atoms with E-state index in [0.717, 1.165) is 9.87 Å². The zero-order valence-corrected chi connectivity index (χ0v) is 16.7. The fraction of sp³-hybridized carbons (Fsp3) is 0.316. The van der Waals surface area contributed by atoms with Crippen LogP contribution in [0.4, 0.5) is 5.69 Å². The fourth-order valence-corrected chi connectivity index (χ4v) is 4.30. The maximum Gasteiger partial charge on any atom is 0.264 e. The van der Waals surface area contributed by atoms with E-state index >= 15 is 0 Å². The Labute approximate surface area is 160 Å². The van der Waals surface area contributed by atoms with E-state index in [-0.39, 0.29) is 17.3 Å². The van der Waals surface area contributed by atoms with E-state index in [4.69, 9.17) is 11.6 Å². The number of hydrogen-bond donors (Lipinski definition) is 0. The molecule has 2 rings (SSSR count). The highest BCUT2D eigenvalue weighted by Gasteiger charge is 2.28. The number of nitrogens with zero attached hydrogens (tertiary/aromatic N) is 2. The van der Waals surface area contributed by atoms with Crippen molar-refractivity contribution in [1.82, 2.24) is 4.90 Å². The standard InChI is InChI=1S/C19H23ClN2O3S/c1-4-21(5-2)19(23)14-22(17-11-9-15(3)10-12-17)26(24,25)18-8-6-7-16(20)13-18/h6-13H,4-5,14H2,1-3H3. The predicted molar refractivity (Wildman–Crippen MR) is 105 cm³/mol. The Bertz CT molecular complexity index is 863. The smallest absolute Gasteiger partial charge is 0.264 e. The molecular formula is C19H23ClN2O3S. The van der Waals surface area contributed by atoms with Crippen molar-refractivity contribution in [2.45, 2.75) is 25.7 Å². The molecule has 1 amide bonds. The van der Waals surface area contributed by atoms with Crippen molar-refractivity contribution in [2.24, 2.45) is 0 Å². The van der Waals surface area contributed by atoms with Crippen molar-refractivity contribution >= 4 is 33.2 Å². The lowest BCUT2D eigenvalue weighted by atomic mass is 10.2. The van der Waals surface area contributed by atoms with Crippen LogP contribution < -0.4 is 4.31 Å². The fourth-order valence-electron chi connectivity index (χ4n) is 2.58. The molecule has 0 spiro atoms. The van der Waals surface area contributed by atoms with Crippen molar-refractivity contribution in [3.63, 3.8) is 0 Å². The zero-order valence-electron chi connectivity index (χ0n) is 15.1. The van der Waals surface area contributed by atoms with Crippen LogP contribution in [0.2, 0.25) is 5.02 Å². The summed E-state index contributed by atoms with van der Waals surface area (Å²) in [4.78, 5) is 14.3. The molecule has 2 aromatic rings. The van der Waals surface area contributed by atoms with Gasteiger partial charge in [0.1, 0.15) is 6.54 Å². The number of benzene rings is 2. The summed E-state index contributed by atoms with van der Waals surface area (Å²) in [6.45, 7) is 6.43. The molecule has 0 heterocycles. The molecule has 26 heavy (non-hydrogen) atoms. The van der Waals surface area contributed by atoms with Gasteiger partial charge in [-0.3, -0.25) is 9.10 Å². The molecule has 0 aliphatic heterocycles. The van der Waals surface area contributed by atoms with Crippen LogP contribution in [-0.2, 0) is 14.8 Å². The molecule has 0 unspecified atom stereocenters. The number of carbonyl (C=O) groups is 1. The molecule has 2 aromatic carbocycles. The monoisotopic (exact) mass is 394 g/mol. The highest BCUT2D eigenvalue weighted by molar-refractivity contribution is 7.92. The minimum absolute atomic E-state index is 0.0536. The maximum absolute atomic E-state index is 13.2. The number of carbonyl (C=O) groups excluding carboxylic acids is 1. The second-order valence-electron chi connectivity index (χ2n) is 5.87. The van der Waals surface area contributed by atoms with Crippen molar-refractivity contribution in [3.8, 4) is 0 Å². The Kier molecular flexibility index (Phi) is 6.67. The van der Waals surface area contributed by atoms with Gasteiger partial charge in [-0.25, -0.2) is 8.42 Å². The Balaban J connectivity index is 2.49. The largest absolute Gasteiger partial charge is 0.342 e. The van der Waals surface area contributed by atoms with Crippen LogP contribution in [0.5, 0.6) is 0 Å². The lowest BCUT2D eigenvalue weighted by Gasteiger charge is -2.27. The van der Waals surface area contributed by atoms with E-state index in [1.165, 1.54) is 12.1 Å². The normalized spacial score (nSPS) is 11.2. The number of sulfonamides is 1. The summed E-state index contributed by atoms with van der Waals surface area (Å²) in [5, 5.41) is 0.324. The van der Waals surface area contributed by atoms with Crippen LogP contribution >= 0.6 is 11.6 Å². The van der Waals surface area contributed by atoms with E-state index in [2.05, 4.69) is 0 Å². The molecule has 0 aliphatic rings. The van der Waals surface area contributed by atoms with Crippen LogP contribution in [-0.4, -0.2) is 38.9 Å². The number of rotatable bonds is 7. The third-order valence-corrected chi connectivity index (χ3v) is 6.11. The number of likely N-dealkylation sites (N-methyl/N-ethyl adjacent to an activating group) is 1. The minimum Gasteiger partial charge on any atom is -0.342 e. The van der Waals surface area contributed by atoms with Crippen LogP contribution in [0.1, 0.15) is 19.4 Å². The summed E-state index contributed by atoms with van der Waals surface area (Å²) >= 11 is 5.97. The summed E-state index contributed by atoms with van der Waals surface area (Å²) in [7, 11) is -3.93. The molecule has 5 nitrogen and oxygen atoms in total. The number of aryl methyl sites for hydroxylation is 1. The number of hydrogen-bond acceptors (Lipinski definition) is 3. The molecule has 0 atom stereocenters. The second-order valence-corrected chi connectivity index (χ2v) is 8.17. The van der Waals surface area contributed by atoms with Gasteiger partial charge in [-0.15, -0.1) is 0 Å². The van der Waals surface area contributed by atoms with Gasteiger partial charge >= 0.3 is 0 Å². The van der Waals surface area contributed by atoms with Gasteiger partial charge in [0.05, 0.1) is 10.6 Å². The first-order chi connectivity index (χ1) is 12.3. The Morgan fingerprint density at radius 3 is 2.19 bits per heavy atom. The van der Waals surface area contributed by atoms with Gasteiger partial charge in [0, 0.05) is 18.1 Å². The third-order valence-electron chi connectivity index (χ3n) is 4.10. The quantitative estimate of drug-likeness (QED) is 0.719. The first-order valence-corrected chi connectivity index (χ1v) is 10.2. The van der Waals surface area contributed by atoms with Gasteiger partial charge in [0.15, 0.2) is 0 Å². The molecule has 0 saturated carbocycles. The van der Waals surface area contributed by atoms with E-state index in [1.807, 2.05) is 32.9 Å². The van der Waals surface area contributed by atoms with Crippen LogP contribution in [0.3, 0.4) is 0 Å². The van der Waals surface area contributed by atoms with Gasteiger partial charge in [-0.1, -0.05) is 35.4 Å². The van der Waals surface area contributed by atoms with Gasteiger partial charge in [-0.05, 0) is 51.1 Å². The Hall–Kier alpha value is -2.05. The van der Waals surface area contributed by atoms with Crippen LogP contribution in [0.15, 0.2) is 53.4 Å². The molecule has 0 aromatic heterocycles. The Morgan fingerprint density at radius 1 is 1.04 bits per heavy atom. The van der Waals surface area contributed by atoms with Crippen molar-refractivity contribution in [1.29, 1.82) is 0 Å². The van der Waals surface area contributed by atoms with Crippen molar-refractivity contribution in [3.05, 3.63) is 59.1 Å². The number of amides is 1. The lowest BCUT2D eigenvalue weighted by molar-refractivity contribution is -0.129.